The molecule has 0 saturated heterocycles. The molecule has 1 saturated carbocycles. The minimum Gasteiger partial charge on any atom is -0.350 e. The minimum absolute atomic E-state index is 0.0372. The Kier molecular flexibility index (Phi) is 4.20. The molecular weight excluding hydrogens is 288 g/mol. The molecular formula is C12H17ClN2O3S. The van der Waals surface area contributed by atoms with Crippen LogP contribution in [0.4, 0.5) is 0 Å². The number of aromatic nitrogens is 1. The van der Waals surface area contributed by atoms with Crippen LogP contribution in [0.2, 0.25) is 0 Å². The van der Waals surface area contributed by atoms with Gasteiger partial charge in [-0.15, -0.1) is 0 Å². The Morgan fingerprint density at radius 1 is 1.53 bits per heavy atom. The van der Waals surface area contributed by atoms with E-state index in [1.54, 1.807) is 4.57 Å². The van der Waals surface area contributed by atoms with E-state index >= 15 is 0 Å². The number of amides is 1. The molecule has 1 fully saturated rings. The van der Waals surface area contributed by atoms with E-state index in [1.807, 2.05) is 6.92 Å². The number of carbonyl (C=O) groups is 1. The summed E-state index contributed by atoms with van der Waals surface area (Å²) in [4.78, 5) is 12.0. The van der Waals surface area contributed by atoms with Gasteiger partial charge < -0.3 is 9.88 Å². The summed E-state index contributed by atoms with van der Waals surface area (Å²) in [6.45, 7) is 3.00. The van der Waals surface area contributed by atoms with Gasteiger partial charge in [0.2, 0.25) is 0 Å². The summed E-state index contributed by atoms with van der Waals surface area (Å²) >= 11 is 0. The zero-order valence-corrected chi connectivity index (χ0v) is 12.3. The Labute approximate surface area is 117 Å². The Bertz CT molecular complexity index is 576. The average molecular weight is 305 g/mol. The zero-order valence-electron chi connectivity index (χ0n) is 10.7. The molecule has 7 heteroatoms. The lowest BCUT2D eigenvalue weighted by atomic mass is 9.85. The summed E-state index contributed by atoms with van der Waals surface area (Å²) < 4.78 is 24.1. The summed E-state index contributed by atoms with van der Waals surface area (Å²) in [5, 5.41) is 2.84. The third kappa shape index (κ3) is 3.30. The summed E-state index contributed by atoms with van der Waals surface area (Å²) in [7, 11) is 1.49. The van der Waals surface area contributed by atoms with Gasteiger partial charge in [0.25, 0.3) is 15.0 Å². The van der Waals surface area contributed by atoms with Crippen LogP contribution in [-0.2, 0) is 15.6 Å². The van der Waals surface area contributed by atoms with E-state index in [2.05, 4.69) is 5.32 Å². The molecule has 0 radical (unpaired) electrons. The van der Waals surface area contributed by atoms with Crippen molar-refractivity contribution in [1.29, 1.82) is 0 Å². The molecule has 1 aliphatic carbocycles. The van der Waals surface area contributed by atoms with Crippen LogP contribution in [0.15, 0.2) is 17.2 Å². The fourth-order valence-electron chi connectivity index (χ4n) is 2.09. The molecule has 5 nitrogen and oxygen atoms in total. The van der Waals surface area contributed by atoms with Gasteiger partial charge in [0.15, 0.2) is 0 Å². The Balaban J connectivity index is 2.13. The smallest absolute Gasteiger partial charge is 0.267 e. The van der Waals surface area contributed by atoms with Crippen molar-refractivity contribution in [1.82, 2.24) is 9.88 Å². The van der Waals surface area contributed by atoms with Crippen LogP contribution in [0.1, 0.15) is 36.7 Å². The second-order valence-corrected chi connectivity index (χ2v) is 7.36. The first-order valence-corrected chi connectivity index (χ1v) is 8.65. The highest BCUT2D eigenvalue weighted by Crippen LogP contribution is 2.25. The molecule has 0 aromatic carbocycles. The third-order valence-corrected chi connectivity index (χ3v) is 4.82. The molecule has 19 heavy (non-hydrogen) atoms. The van der Waals surface area contributed by atoms with Gasteiger partial charge in [0.1, 0.15) is 10.6 Å². The number of carbonyl (C=O) groups excluding carboxylic acids is 1. The van der Waals surface area contributed by atoms with Crippen molar-refractivity contribution in [2.45, 2.75) is 37.6 Å². The van der Waals surface area contributed by atoms with E-state index in [0.29, 0.717) is 24.7 Å². The number of nitrogens with one attached hydrogen (secondary N) is 1. The highest BCUT2D eigenvalue weighted by Gasteiger charge is 2.21. The maximum Gasteiger partial charge on any atom is 0.267 e. The summed E-state index contributed by atoms with van der Waals surface area (Å²) in [6, 6.07) is 1.32. The highest BCUT2D eigenvalue weighted by atomic mass is 35.7. The molecule has 0 unspecified atom stereocenters. The van der Waals surface area contributed by atoms with Crippen molar-refractivity contribution in [3.63, 3.8) is 0 Å². The minimum atomic E-state index is -3.80. The van der Waals surface area contributed by atoms with E-state index in [0.717, 1.165) is 12.8 Å². The summed E-state index contributed by atoms with van der Waals surface area (Å²) in [5.41, 5.74) is 0.334. The molecule has 0 bridgehead atoms. The first-order valence-electron chi connectivity index (χ1n) is 6.35. The van der Waals surface area contributed by atoms with E-state index in [9.17, 15) is 13.2 Å². The zero-order chi connectivity index (χ0) is 14.0. The summed E-state index contributed by atoms with van der Waals surface area (Å²) in [5.74, 6) is 0.311. The van der Waals surface area contributed by atoms with E-state index in [1.165, 1.54) is 18.7 Å². The highest BCUT2D eigenvalue weighted by molar-refractivity contribution is 8.13. The van der Waals surface area contributed by atoms with Crippen LogP contribution in [0.5, 0.6) is 0 Å². The van der Waals surface area contributed by atoms with Gasteiger partial charge in [0, 0.05) is 30.0 Å². The van der Waals surface area contributed by atoms with Crippen LogP contribution in [-0.4, -0.2) is 25.4 Å². The first kappa shape index (κ1) is 14.4. The monoisotopic (exact) mass is 304 g/mol. The molecule has 0 spiro atoms. The second-order valence-electron chi connectivity index (χ2n) is 4.79. The number of halogens is 1. The number of hydrogen-bond donors (Lipinski definition) is 1. The van der Waals surface area contributed by atoms with Crippen molar-refractivity contribution in [2.24, 2.45) is 5.92 Å². The maximum absolute atomic E-state index is 12.0. The predicted molar refractivity (Wildman–Crippen MR) is 72.8 cm³/mol. The topological polar surface area (TPSA) is 68.2 Å². The van der Waals surface area contributed by atoms with Gasteiger partial charge in [-0.2, -0.15) is 0 Å². The Hall–Kier alpha value is -1.01. The molecule has 106 valence electrons. The molecule has 1 heterocycles. The van der Waals surface area contributed by atoms with Crippen molar-refractivity contribution >= 4 is 25.6 Å². The van der Waals surface area contributed by atoms with Crippen molar-refractivity contribution in [3.8, 4) is 0 Å². The fourth-order valence-corrected chi connectivity index (χ4v) is 2.85. The predicted octanol–water partition coefficient (Wildman–Crippen LogP) is 1.97. The van der Waals surface area contributed by atoms with Gasteiger partial charge in [-0.3, -0.25) is 4.79 Å². The number of rotatable bonds is 5. The number of nitrogens with zero attached hydrogens (tertiary/aromatic N) is 1. The SMILES string of the molecule is CCn1cc(S(=O)(=O)Cl)cc1C(=O)NCC1CCC1. The lowest BCUT2D eigenvalue weighted by molar-refractivity contribution is 0.0930. The molecule has 1 amide bonds. The molecule has 1 aromatic heterocycles. The summed E-state index contributed by atoms with van der Waals surface area (Å²) in [6.07, 6.45) is 4.91. The first-order chi connectivity index (χ1) is 8.91. The molecule has 1 aliphatic rings. The average Bonchev–Trinajstić information content (AvgIpc) is 2.70. The van der Waals surface area contributed by atoms with Gasteiger partial charge in [-0.25, -0.2) is 8.42 Å². The maximum atomic E-state index is 12.0. The van der Waals surface area contributed by atoms with Gasteiger partial charge in [-0.05, 0) is 31.7 Å². The largest absolute Gasteiger partial charge is 0.350 e. The Morgan fingerprint density at radius 3 is 2.68 bits per heavy atom. The van der Waals surface area contributed by atoms with Crippen LogP contribution in [0.25, 0.3) is 0 Å². The van der Waals surface area contributed by atoms with Crippen LogP contribution < -0.4 is 5.32 Å². The third-order valence-electron chi connectivity index (χ3n) is 3.50. The number of aryl methyl sites for hydroxylation is 1. The second kappa shape index (κ2) is 5.54. The lowest BCUT2D eigenvalue weighted by Crippen LogP contribution is -2.33. The fraction of sp³-hybridized carbons (Fsp3) is 0.583. The van der Waals surface area contributed by atoms with Gasteiger partial charge >= 0.3 is 0 Å². The van der Waals surface area contributed by atoms with Crippen LogP contribution in [0.3, 0.4) is 0 Å². The molecule has 0 atom stereocenters. The van der Waals surface area contributed by atoms with E-state index in [4.69, 9.17) is 10.7 Å². The van der Waals surface area contributed by atoms with Gasteiger partial charge in [-0.1, -0.05) is 6.42 Å². The van der Waals surface area contributed by atoms with Crippen LogP contribution >= 0.6 is 10.7 Å². The normalized spacial score (nSPS) is 16.1. The number of hydrogen-bond acceptors (Lipinski definition) is 3. The lowest BCUT2D eigenvalue weighted by Gasteiger charge is -2.25. The van der Waals surface area contributed by atoms with E-state index < -0.39 is 9.05 Å². The molecule has 1 aromatic rings. The molecule has 0 aliphatic heterocycles. The van der Waals surface area contributed by atoms with Crippen molar-refractivity contribution in [3.05, 3.63) is 18.0 Å². The molecule has 2 rings (SSSR count). The standard InChI is InChI=1S/C12H17ClN2O3S/c1-2-15-8-10(19(13,17)18)6-11(15)12(16)14-7-9-4-3-5-9/h6,8-9H,2-5,7H2,1H3,(H,14,16). The van der Waals surface area contributed by atoms with Gasteiger partial charge in [0.05, 0.1) is 0 Å². The van der Waals surface area contributed by atoms with Crippen molar-refractivity contribution in [2.75, 3.05) is 6.54 Å². The van der Waals surface area contributed by atoms with Crippen molar-refractivity contribution < 1.29 is 13.2 Å². The molecule has 1 N–H and O–H groups in total. The quantitative estimate of drug-likeness (QED) is 0.846. The Morgan fingerprint density at radius 2 is 2.21 bits per heavy atom. The van der Waals surface area contributed by atoms with Crippen LogP contribution in [0, 0.1) is 5.92 Å². The van der Waals surface area contributed by atoms with E-state index in [-0.39, 0.29) is 10.8 Å².